The van der Waals surface area contributed by atoms with E-state index in [1.807, 2.05) is 69.4 Å². The normalized spacial score (nSPS) is 10.7. The van der Waals surface area contributed by atoms with E-state index < -0.39 is 0 Å². The molecule has 0 unspecified atom stereocenters. The van der Waals surface area contributed by atoms with Crippen molar-refractivity contribution in [2.75, 3.05) is 11.9 Å². The average molecular weight is 428 g/mol. The molecule has 0 bridgehead atoms. The average Bonchev–Trinajstić information content (AvgIpc) is 2.91. The van der Waals surface area contributed by atoms with Gasteiger partial charge in [0.15, 0.2) is 0 Å². The zero-order valence-electron chi connectivity index (χ0n) is 15.6. The molecule has 0 spiro atoms. The molecule has 5 nitrogen and oxygen atoms in total. The second-order valence-corrected chi connectivity index (χ2v) is 7.16. The minimum absolute atomic E-state index is 0.0829. The molecule has 0 atom stereocenters. The number of hydrogen-bond acceptors (Lipinski definition) is 3. The first kappa shape index (κ1) is 19.2. The highest BCUT2D eigenvalue weighted by molar-refractivity contribution is 9.10. The molecule has 3 aromatic rings. The van der Waals surface area contributed by atoms with E-state index in [-0.39, 0.29) is 12.3 Å². The molecule has 0 aliphatic carbocycles. The summed E-state index contributed by atoms with van der Waals surface area (Å²) in [4.78, 5) is 12.6. The molecule has 1 aromatic heterocycles. The van der Waals surface area contributed by atoms with Crippen LogP contribution in [0.2, 0.25) is 0 Å². The van der Waals surface area contributed by atoms with E-state index in [0.29, 0.717) is 12.4 Å². The molecule has 3 rings (SSSR count). The van der Waals surface area contributed by atoms with Gasteiger partial charge >= 0.3 is 0 Å². The van der Waals surface area contributed by atoms with Crippen LogP contribution in [-0.4, -0.2) is 22.3 Å². The largest absolute Gasteiger partial charge is 0.494 e. The topological polar surface area (TPSA) is 56.1 Å². The Morgan fingerprint density at radius 2 is 1.81 bits per heavy atom. The fourth-order valence-electron chi connectivity index (χ4n) is 3.00. The summed E-state index contributed by atoms with van der Waals surface area (Å²) in [6.45, 7) is 4.51. The summed E-state index contributed by atoms with van der Waals surface area (Å²) >= 11 is 3.45. The SMILES string of the molecule is CCOc1ccc(CC(=O)Nc2c(-c3ccc(Br)cc3)c(C)nn2C)cc1. The van der Waals surface area contributed by atoms with Crippen molar-refractivity contribution in [2.24, 2.45) is 7.05 Å². The van der Waals surface area contributed by atoms with Gasteiger partial charge in [-0.05, 0) is 49.2 Å². The van der Waals surface area contributed by atoms with Crippen LogP contribution in [0.3, 0.4) is 0 Å². The molecular weight excluding hydrogens is 406 g/mol. The number of ether oxygens (including phenoxy) is 1. The molecule has 0 saturated heterocycles. The molecule has 0 aliphatic rings. The van der Waals surface area contributed by atoms with Crippen molar-refractivity contribution in [1.82, 2.24) is 9.78 Å². The Kier molecular flexibility index (Phi) is 5.96. The first-order valence-corrected chi connectivity index (χ1v) is 9.58. The van der Waals surface area contributed by atoms with E-state index in [2.05, 4.69) is 26.3 Å². The molecule has 0 aliphatic heterocycles. The fraction of sp³-hybridized carbons (Fsp3) is 0.238. The molecule has 0 radical (unpaired) electrons. The lowest BCUT2D eigenvalue weighted by atomic mass is 10.1. The molecule has 1 amide bonds. The van der Waals surface area contributed by atoms with Crippen LogP contribution in [0.4, 0.5) is 5.82 Å². The zero-order chi connectivity index (χ0) is 19.4. The molecule has 1 N–H and O–H groups in total. The summed E-state index contributed by atoms with van der Waals surface area (Å²) in [6, 6.07) is 15.6. The van der Waals surface area contributed by atoms with Gasteiger partial charge < -0.3 is 10.1 Å². The Labute approximate surface area is 167 Å². The molecule has 27 heavy (non-hydrogen) atoms. The lowest BCUT2D eigenvalue weighted by Gasteiger charge is -2.10. The van der Waals surface area contributed by atoms with E-state index in [9.17, 15) is 4.79 Å². The highest BCUT2D eigenvalue weighted by Crippen LogP contribution is 2.32. The smallest absolute Gasteiger partial charge is 0.229 e. The van der Waals surface area contributed by atoms with Gasteiger partial charge in [0, 0.05) is 17.1 Å². The molecule has 1 heterocycles. The predicted octanol–water partition coefficient (Wildman–Crippen LogP) is 4.74. The summed E-state index contributed by atoms with van der Waals surface area (Å²) in [7, 11) is 1.84. The van der Waals surface area contributed by atoms with Gasteiger partial charge in [-0.1, -0.05) is 40.2 Å². The van der Waals surface area contributed by atoms with Gasteiger partial charge in [0.1, 0.15) is 11.6 Å². The van der Waals surface area contributed by atoms with Gasteiger partial charge in [-0.25, -0.2) is 0 Å². The van der Waals surface area contributed by atoms with Crippen LogP contribution < -0.4 is 10.1 Å². The maximum atomic E-state index is 12.6. The Bertz CT molecular complexity index is 931. The van der Waals surface area contributed by atoms with E-state index >= 15 is 0 Å². The van der Waals surface area contributed by atoms with E-state index in [0.717, 1.165) is 32.6 Å². The number of benzene rings is 2. The van der Waals surface area contributed by atoms with Crippen LogP contribution in [0.5, 0.6) is 5.75 Å². The molecule has 0 fully saturated rings. The van der Waals surface area contributed by atoms with Crippen molar-refractivity contribution < 1.29 is 9.53 Å². The van der Waals surface area contributed by atoms with E-state index in [4.69, 9.17) is 4.74 Å². The zero-order valence-corrected chi connectivity index (χ0v) is 17.2. The number of amides is 1. The maximum absolute atomic E-state index is 12.6. The number of carbonyl (C=O) groups is 1. The number of nitrogens with zero attached hydrogens (tertiary/aromatic N) is 2. The monoisotopic (exact) mass is 427 g/mol. The number of aryl methyl sites for hydroxylation is 2. The lowest BCUT2D eigenvalue weighted by molar-refractivity contribution is -0.115. The summed E-state index contributed by atoms with van der Waals surface area (Å²) in [5, 5.41) is 7.50. The third kappa shape index (κ3) is 4.57. The fourth-order valence-corrected chi connectivity index (χ4v) is 3.26. The second-order valence-electron chi connectivity index (χ2n) is 6.24. The number of anilines is 1. The van der Waals surface area contributed by atoms with Crippen molar-refractivity contribution in [3.63, 3.8) is 0 Å². The first-order chi connectivity index (χ1) is 13.0. The van der Waals surface area contributed by atoms with Crippen LogP contribution in [0.15, 0.2) is 53.0 Å². The summed E-state index contributed by atoms with van der Waals surface area (Å²) in [5.41, 5.74) is 3.75. The number of hydrogen-bond donors (Lipinski definition) is 1. The van der Waals surface area contributed by atoms with Gasteiger partial charge in [-0.2, -0.15) is 5.10 Å². The van der Waals surface area contributed by atoms with Crippen molar-refractivity contribution in [3.05, 3.63) is 64.3 Å². The van der Waals surface area contributed by atoms with Crippen LogP contribution in [0, 0.1) is 6.92 Å². The predicted molar refractivity (Wildman–Crippen MR) is 111 cm³/mol. The number of rotatable bonds is 6. The first-order valence-electron chi connectivity index (χ1n) is 8.79. The Hall–Kier alpha value is -2.60. The Balaban J connectivity index is 1.78. The van der Waals surface area contributed by atoms with Crippen molar-refractivity contribution in [3.8, 4) is 16.9 Å². The van der Waals surface area contributed by atoms with Crippen molar-refractivity contribution in [1.29, 1.82) is 0 Å². The summed E-state index contributed by atoms with van der Waals surface area (Å²) in [6.07, 6.45) is 0.288. The number of halogens is 1. The van der Waals surface area contributed by atoms with Gasteiger partial charge in [-0.15, -0.1) is 0 Å². The quantitative estimate of drug-likeness (QED) is 0.617. The van der Waals surface area contributed by atoms with Crippen molar-refractivity contribution in [2.45, 2.75) is 20.3 Å². The van der Waals surface area contributed by atoms with Crippen molar-refractivity contribution >= 4 is 27.7 Å². The van der Waals surface area contributed by atoms with Gasteiger partial charge in [0.2, 0.25) is 5.91 Å². The van der Waals surface area contributed by atoms with Gasteiger partial charge in [0.05, 0.1) is 18.7 Å². The van der Waals surface area contributed by atoms with Crippen LogP contribution in [0.1, 0.15) is 18.2 Å². The number of carbonyl (C=O) groups excluding carboxylic acids is 1. The third-order valence-corrected chi connectivity index (χ3v) is 4.74. The summed E-state index contributed by atoms with van der Waals surface area (Å²) in [5.74, 6) is 1.42. The molecule has 6 heteroatoms. The minimum Gasteiger partial charge on any atom is -0.494 e. The highest BCUT2D eigenvalue weighted by Gasteiger charge is 2.17. The second kappa shape index (κ2) is 8.39. The van der Waals surface area contributed by atoms with Gasteiger partial charge in [-0.3, -0.25) is 9.48 Å². The van der Waals surface area contributed by atoms with E-state index in [1.54, 1.807) is 4.68 Å². The van der Waals surface area contributed by atoms with E-state index in [1.165, 1.54) is 0 Å². The minimum atomic E-state index is -0.0829. The molecule has 0 saturated carbocycles. The molecular formula is C21H22BrN3O2. The summed E-state index contributed by atoms with van der Waals surface area (Å²) < 4.78 is 8.16. The number of nitrogens with one attached hydrogen (secondary N) is 1. The van der Waals surface area contributed by atoms with Crippen LogP contribution in [0.25, 0.3) is 11.1 Å². The standard InChI is InChI=1S/C21H22BrN3O2/c1-4-27-18-11-5-15(6-12-18)13-19(26)23-21-20(14(2)24-25(21)3)16-7-9-17(22)10-8-16/h5-12H,4,13H2,1-3H3,(H,23,26). The van der Waals surface area contributed by atoms with Gasteiger partial charge in [0.25, 0.3) is 0 Å². The lowest BCUT2D eigenvalue weighted by Crippen LogP contribution is -2.17. The Morgan fingerprint density at radius 1 is 1.15 bits per heavy atom. The molecule has 2 aromatic carbocycles. The third-order valence-electron chi connectivity index (χ3n) is 4.21. The Morgan fingerprint density at radius 3 is 2.44 bits per heavy atom. The maximum Gasteiger partial charge on any atom is 0.229 e. The number of aromatic nitrogens is 2. The highest BCUT2D eigenvalue weighted by atomic mass is 79.9. The van der Waals surface area contributed by atoms with Crippen LogP contribution >= 0.6 is 15.9 Å². The van der Waals surface area contributed by atoms with Crippen LogP contribution in [-0.2, 0) is 18.3 Å². The molecule has 140 valence electrons.